The van der Waals surface area contributed by atoms with Gasteiger partial charge in [-0.05, 0) is 25.5 Å². The molecule has 1 aromatic rings. The van der Waals surface area contributed by atoms with Gasteiger partial charge in [0.25, 0.3) is 0 Å². The van der Waals surface area contributed by atoms with Crippen LogP contribution in [0.3, 0.4) is 0 Å². The molecule has 5 heteroatoms. The van der Waals surface area contributed by atoms with Crippen LogP contribution in [0.1, 0.15) is 20.3 Å². The molecule has 0 saturated heterocycles. The van der Waals surface area contributed by atoms with Crippen LogP contribution in [0.15, 0.2) is 24.3 Å². The minimum Gasteiger partial charge on any atom is -0.381 e. The zero-order chi connectivity index (χ0) is 12.2. The molecule has 0 saturated carbocycles. The minimum atomic E-state index is -3.23. The van der Waals surface area contributed by atoms with Crippen molar-refractivity contribution in [2.45, 2.75) is 26.3 Å². The van der Waals surface area contributed by atoms with Crippen molar-refractivity contribution in [2.75, 3.05) is 16.3 Å². The van der Waals surface area contributed by atoms with Gasteiger partial charge in [-0.2, -0.15) is 0 Å². The molecule has 1 rings (SSSR count). The van der Waals surface area contributed by atoms with Crippen molar-refractivity contribution in [1.29, 1.82) is 0 Å². The molecule has 0 aliphatic heterocycles. The van der Waals surface area contributed by atoms with E-state index in [1.807, 2.05) is 12.1 Å². The highest BCUT2D eigenvalue weighted by atomic mass is 32.2. The Hall–Kier alpha value is -1.23. The monoisotopic (exact) mass is 242 g/mol. The molecule has 2 N–H and O–H groups in total. The normalized spacial score (nSPS) is 13.2. The summed E-state index contributed by atoms with van der Waals surface area (Å²) in [5.41, 5.74) is 1.40. The zero-order valence-corrected chi connectivity index (χ0v) is 10.6. The first-order valence-corrected chi connectivity index (χ1v) is 7.15. The second kappa shape index (κ2) is 5.21. The lowest BCUT2D eigenvalue weighted by atomic mass is 10.2. The predicted molar refractivity (Wildman–Crippen MR) is 68.3 cm³/mol. The highest BCUT2D eigenvalue weighted by molar-refractivity contribution is 7.92. The Morgan fingerprint density at radius 3 is 2.31 bits per heavy atom. The molecule has 0 aromatic heterocycles. The number of benzene rings is 1. The highest BCUT2D eigenvalue weighted by Crippen LogP contribution is 2.22. The standard InChI is InChI=1S/C11H18N2O2S/c1-4-9(2)12-10-7-5-6-8-11(10)13-16(3,14)15/h5-9,12-13H,4H2,1-3H3. The molecule has 0 aliphatic carbocycles. The Labute approximate surface area is 97.1 Å². The van der Waals surface area contributed by atoms with E-state index in [4.69, 9.17) is 0 Å². The maximum Gasteiger partial charge on any atom is 0.229 e. The summed E-state index contributed by atoms with van der Waals surface area (Å²) in [6, 6.07) is 7.58. The summed E-state index contributed by atoms with van der Waals surface area (Å²) in [7, 11) is -3.23. The second-order valence-corrected chi connectivity index (χ2v) is 5.62. The molecule has 4 nitrogen and oxygen atoms in total. The lowest BCUT2D eigenvalue weighted by Crippen LogP contribution is -2.16. The number of sulfonamides is 1. The smallest absolute Gasteiger partial charge is 0.229 e. The van der Waals surface area contributed by atoms with Crippen molar-refractivity contribution in [2.24, 2.45) is 0 Å². The molecule has 0 spiro atoms. The summed E-state index contributed by atoms with van der Waals surface area (Å²) >= 11 is 0. The van der Waals surface area contributed by atoms with E-state index in [1.54, 1.807) is 12.1 Å². The van der Waals surface area contributed by atoms with E-state index in [1.165, 1.54) is 0 Å². The number of para-hydroxylation sites is 2. The minimum absolute atomic E-state index is 0.308. The van der Waals surface area contributed by atoms with Gasteiger partial charge in [-0.15, -0.1) is 0 Å². The van der Waals surface area contributed by atoms with Crippen LogP contribution >= 0.6 is 0 Å². The summed E-state index contributed by atoms with van der Waals surface area (Å²) in [5.74, 6) is 0. The molecule has 0 radical (unpaired) electrons. The van der Waals surface area contributed by atoms with E-state index in [0.717, 1.165) is 18.4 Å². The first-order chi connectivity index (χ1) is 7.42. The third kappa shape index (κ3) is 4.10. The van der Waals surface area contributed by atoms with Crippen LogP contribution in [0.4, 0.5) is 11.4 Å². The van der Waals surface area contributed by atoms with Crippen molar-refractivity contribution in [3.8, 4) is 0 Å². The van der Waals surface area contributed by atoms with Crippen molar-refractivity contribution in [1.82, 2.24) is 0 Å². The fraction of sp³-hybridized carbons (Fsp3) is 0.455. The van der Waals surface area contributed by atoms with Crippen molar-refractivity contribution < 1.29 is 8.42 Å². The lowest BCUT2D eigenvalue weighted by molar-refractivity contribution is 0.607. The second-order valence-electron chi connectivity index (χ2n) is 3.87. The van der Waals surface area contributed by atoms with Crippen LogP contribution < -0.4 is 10.0 Å². The van der Waals surface area contributed by atoms with E-state index >= 15 is 0 Å². The summed E-state index contributed by atoms with van der Waals surface area (Å²) in [4.78, 5) is 0. The van der Waals surface area contributed by atoms with E-state index in [2.05, 4.69) is 23.9 Å². The SMILES string of the molecule is CCC(C)Nc1ccccc1NS(C)(=O)=O. The van der Waals surface area contributed by atoms with E-state index in [-0.39, 0.29) is 0 Å². The quantitative estimate of drug-likeness (QED) is 0.832. The molecule has 0 bridgehead atoms. The Balaban J connectivity index is 2.92. The van der Waals surface area contributed by atoms with Crippen LogP contribution in [0, 0.1) is 0 Å². The van der Waals surface area contributed by atoms with E-state index < -0.39 is 10.0 Å². The van der Waals surface area contributed by atoms with Crippen LogP contribution in [0.2, 0.25) is 0 Å². The highest BCUT2D eigenvalue weighted by Gasteiger charge is 2.07. The van der Waals surface area contributed by atoms with Gasteiger partial charge in [0.15, 0.2) is 0 Å². The molecular weight excluding hydrogens is 224 g/mol. The van der Waals surface area contributed by atoms with Gasteiger partial charge >= 0.3 is 0 Å². The molecule has 16 heavy (non-hydrogen) atoms. The van der Waals surface area contributed by atoms with Gasteiger partial charge in [0, 0.05) is 6.04 Å². The summed E-state index contributed by atoms with van der Waals surface area (Å²) < 4.78 is 24.8. The van der Waals surface area contributed by atoms with E-state index in [0.29, 0.717) is 11.7 Å². The van der Waals surface area contributed by atoms with Gasteiger partial charge in [0.1, 0.15) is 0 Å². The van der Waals surface area contributed by atoms with Crippen LogP contribution in [0.5, 0.6) is 0 Å². The Morgan fingerprint density at radius 1 is 1.25 bits per heavy atom. The average molecular weight is 242 g/mol. The molecule has 1 unspecified atom stereocenters. The van der Waals surface area contributed by atoms with E-state index in [9.17, 15) is 8.42 Å². The zero-order valence-electron chi connectivity index (χ0n) is 9.82. The largest absolute Gasteiger partial charge is 0.381 e. The maximum absolute atomic E-state index is 11.2. The number of nitrogens with one attached hydrogen (secondary N) is 2. The van der Waals surface area contributed by atoms with Gasteiger partial charge in [-0.25, -0.2) is 8.42 Å². The molecule has 90 valence electrons. The van der Waals surface area contributed by atoms with Gasteiger partial charge in [-0.1, -0.05) is 19.1 Å². The van der Waals surface area contributed by atoms with Gasteiger partial charge < -0.3 is 5.32 Å². The third-order valence-electron chi connectivity index (χ3n) is 2.24. The molecule has 1 atom stereocenters. The first-order valence-electron chi connectivity index (χ1n) is 5.25. The molecule has 1 aromatic carbocycles. The van der Waals surface area contributed by atoms with Crippen LogP contribution in [0.25, 0.3) is 0 Å². The number of anilines is 2. The molecular formula is C11H18N2O2S. The Kier molecular flexibility index (Phi) is 4.18. The van der Waals surface area contributed by atoms with Crippen LogP contribution in [-0.2, 0) is 10.0 Å². The predicted octanol–water partition coefficient (Wildman–Crippen LogP) is 2.27. The number of hydrogen-bond acceptors (Lipinski definition) is 3. The fourth-order valence-electron chi connectivity index (χ4n) is 1.27. The summed E-state index contributed by atoms with van der Waals surface area (Å²) in [6.45, 7) is 4.13. The van der Waals surface area contributed by atoms with Crippen LogP contribution in [-0.4, -0.2) is 20.7 Å². The number of hydrogen-bond donors (Lipinski definition) is 2. The van der Waals surface area contributed by atoms with Crippen molar-refractivity contribution in [3.63, 3.8) is 0 Å². The number of rotatable bonds is 5. The Morgan fingerprint density at radius 2 is 1.81 bits per heavy atom. The van der Waals surface area contributed by atoms with Gasteiger partial charge in [0.05, 0.1) is 17.6 Å². The van der Waals surface area contributed by atoms with Crippen molar-refractivity contribution in [3.05, 3.63) is 24.3 Å². The van der Waals surface area contributed by atoms with Gasteiger partial charge in [0.2, 0.25) is 10.0 Å². The summed E-state index contributed by atoms with van der Waals surface area (Å²) in [6.07, 6.45) is 2.13. The summed E-state index contributed by atoms with van der Waals surface area (Å²) in [5, 5.41) is 3.26. The fourth-order valence-corrected chi connectivity index (χ4v) is 1.84. The van der Waals surface area contributed by atoms with Gasteiger partial charge in [-0.3, -0.25) is 4.72 Å². The molecule has 0 amide bonds. The average Bonchev–Trinajstić information content (AvgIpc) is 2.18. The third-order valence-corrected chi connectivity index (χ3v) is 2.83. The molecule has 0 fully saturated rings. The molecule has 0 aliphatic rings. The lowest BCUT2D eigenvalue weighted by Gasteiger charge is -2.16. The first kappa shape index (κ1) is 12.8. The maximum atomic E-state index is 11.2. The van der Waals surface area contributed by atoms with Crippen molar-refractivity contribution >= 4 is 21.4 Å². The Bertz CT molecular complexity index is 443. The molecule has 0 heterocycles. The topological polar surface area (TPSA) is 58.2 Å².